The van der Waals surface area contributed by atoms with Crippen molar-refractivity contribution in [3.05, 3.63) is 0 Å². The Morgan fingerprint density at radius 2 is 2.00 bits per heavy atom. The van der Waals surface area contributed by atoms with E-state index in [1.807, 2.05) is 20.8 Å². The SMILES string of the molecule is CCOC(=O)C1CC2(COC2)CN1C(=O)OC(C)(C)C. The van der Waals surface area contributed by atoms with Gasteiger partial charge in [0.2, 0.25) is 0 Å². The van der Waals surface area contributed by atoms with E-state index in [0.717, 1.165) is 0 Å². The minimum Gasteiger partial charge on any atom is -0.464 e. The highest BCUT2D eigenvalue weighted by atomic mass is 16.6. The molecular formula is C14H23NO5. The summed E-state index contributed by atoms with van der Waals surface area (Å²) in [7, 11) is 0. The predicted molar refractivity (Wildman–Crippen MR) is 71.2 cm³/mol. The van der Waals surface area contributed by atoms with Crippen LogP contribution in [-0.2, 0) is 19.0 Å². The maximum atomic E-state index is 12.3. The number of carbonyl (C=O) groups is 2. The van der Waals surface area contributed by atoms with Crippen molar-refractivity contribution < 1.29 is 23.8 Å². The number of hydrogen-bond acceptors (Lipinski definition) is 5. The number of nitrogens with zero attached hydrogens (tertiary/aromatic N) is 1. The van der Waals surface area contributed by atoms with Gasteiger partial charge in [0, 0.05) is 12.0 Å². The topological polar surface area (TPSA) is 65.1 Å². The summed E-state index contributed by atoms with van der Waals surface area (Å²) in [4.78, 5) is 25.8. The van der Waals surface area contributed by atoms with Crippen molar-refractivity contribution in [1.29, 1.82) is 0 Å². The molecule has 0 radical (unpaired) electrons. The van der Waals surface area contributed by atoms with E-state index in [4.69, 9.17) is 14.2 Å². The lowest BCUT2D eigenvalue weighted by Gasteiger charge is -2.37. The molecule has 1 spiro atoms. The second kappa shape index (κ2) is 5.24. The minimum atomic E-state index is -0.581. The maximum Gasteiger partial charge on any atom is 0.411 e. The van der Waals surface area contributed by atoms with Crippen LogP contribution >= 0.6 is 0 Å². The van der Waals surface area contributed by atoms with E-state index in [0.29, 0.717) is 32.8 Å². The summed E-state index contributed by atoms with van der Waals surface area (Å²) in [6.07, 6.45) is 0.129. The summed E-state index contributed by atoms with van der Waals surface area (Å²) in [5, 5.41) is 0. The normalized spacial score (nSPS) is 24.4. The van der Waals surface area contributed by atoms with Crippen molar-refractivity contribution in [1.82, 2.24) is 4.90 Å². The molecule has 2 fully saturated rings. The molecule has 114 valence electrons. The van der Waals surface area contributed by atoms with E-state index in [1.54, 1.807) is 6.92 Å². The monoisotopic (exact) mass is 285 g/mol. The first-order valence-corrected chi connectivity index (χ1v) is 7.00. The largest absolute Gasteiger partial charge is 0.464 e. The Hall–Kier alpha value is -1.30. The number of hydrogen-bond donors (Lipinski definition) is 0. The molecule has 0 bridgehead atoms. The Morgan fingerprint density at radius 3 is 2.45 bits per heavy atom. The Bertz CT molecular complexity index is 397. The van der Waals surface area contributed by atoms with Gasteiger partial charge in [-0.2, -0.15) is 0 Å². The van der Waals surface area contributed by atoms with Crippen molar-refractivity contribution in [3.63, 3.8) is 0 Å². The fourth-order valence-electron chi connectivity index (χ4n) is 2.62. The lowest BCUT2D eigenvalue weighted by Crippen LogP contribution is -2.46. The molecule has 1 atom stereocenters. The lowest BCUT2D eigenvalue weighted by molar-refractivity contribution is -0.148. The number of rotatable bonds is 2. The summed E-state index contributed by atoms with van der Waals surface area (Å²) in [5.41, 5.74) is -0.684. The van der Waals surface area contributed by atoms with Crippen LogP contribution in [0.4, 0.5) is 4.79 Å². The zero-order chi connectivity index (χ0) is 15.0. The van der Waals surface area contributed by atoms with Crippen LogP contribution in [0, 0.1) is 5.41 Å². The molecule has 2 saturated heterocycles. The number of likely N-dealkylation sites (tertiary alicyclic amines) is 1. The highest BCUT2D eigenvalue weighted by Gasteiger charge is 2.54. The maximum absolute atomic E-state index is 12.3. The molecule has 20 heavy (non-hydrogen) atoms. The van der Waals surface area contributed by atoms with Crippen LogP contribution in [0.2, 0.25) is 0 Å². The first kappa shape index (κ1) is 15.1. The standard InChI is InChI=1S/C14H23NO5/c1-5-19-11(16)10-6-14(8-18-9-14)7-15(10)12(17)20-13(2,3)4/h10H,5-9H2,1-4H3. The van der Waals surface area contributed by atoms with Gasteiger partial charge in [-0.05, 0) is 34.1 Å². The highest BCUT2D eigenvalue weighted by molar-refractivity contribution is 5.82. The number of amides is 1. The molecule has 6 heteroatoms. The summed E-state index contributed by atoms with van der Waals surface area (Å²) < 4.78 is 15.7. The predicted octanol–water partition coefficient (Wildman–Crippen LogP) is 1.58. The number of esters is 1. The van der Waals surface area contributed by atoms with Gasteiger partial charge in [-0.15, -0.1) is 0 Å². The fourth-order valence-corrected chi connectivity index (χ4v) is 2.62. The molecule has 0 aromatic heterocycles. The first-order chi connectivity index (χ1) is 9.26. The van der Waals surface area contributed by atoms with Gasteiger partial charge in [-0.25, -0.2) is 9.59 Å². The molecule has 1 unspecified atom stereocenters. The third-order valence-electron chi connectivity index (χ3n) is 3.51. The van der Waals surface area contributed by atoms with Gasteiger partial charge in [0.05, 0.1) is 19.8 Å². The molecule has 1 amide bonds. The van der Waals surface area contributed by atoms with Gasteiger partial charge in [0.15, 0.2) is 0 Å². The van der Waals surface area contributed by atoms with Gasteiger partial charge in [-0.3, -0.25) is 4.90 Å². The van der Waals surface area contributed by atoms with Gasteiger partial charge >= 0.3 is 12.1 Å². The van der Waals surface area contributed by atoms with E-state index in [9.17, 15) is 9.59 Å². The second-order valence-electron chi connectivity index (χ2n) is 6.57. The molecule has 0 N–H and O–H groups in total. The Labute approximate surface area is 119 Å². The summed E-state index contributed by atoms with van der Waals surface area (Å²) in [6, 6.07) is -0.561. The molecule has 0 aromatic rings. The molecule has 2 aliphatic heterocycles. The Morgan fingerprint density at radius 1 is 1.35 bits per heavy atom. The molecule has 6 nitrogen and oxygen atoms in total. The van der Waals surface area contributed by atoms with Crippen molar-refractivity contribution in [3.8, 4) is 0 Å². The van der Waals surface area contributed by atoms with Gasteiger partial charge in [0.25, 0.3) is 0 Å². The van der Waals surface area contributed by atoms with Crippen molar-refractivity contribution >= 4 is 12.1 Å². The number of carbonyl (C=O) groups excluding carboxylic acids is 2. The quantitative estimate of drug-likeness (QED) is 0.721. The van der Waals surface area contributed by atoms with Gasteiger partial charge < -0.3 is 14.2 Å². The van der Waals surface area contributed by atoms with Crippen LogP contribution in [0.15, 0.2) is 0 Å². The third kappa shape index (κ3) is 3.06. The van der Waals surface area contributed by atoms with E-state index in [2.05, 4.69) is 0 Å². The fraction of sp³-hybridized carbons (Fsp3) is 0.857. The third-order valence-corrected chi connectivity index (χ3v) is 3.51. The second-order valence-corrected chi connectivity index (χ2v) is 6.57. The first-order valence-electron chi connectivity index (χ1n) is 7.00. The number of ether oxygens (including phenoxy) is 3. The van der Waals surface area contributed by atoms with Gasteiger partial charge in [0.1, 0.15) is 11.6 Å². The van der Waals surface area contributed by atoms with Crippen molar-refractivity contribution in [2.75, 3.05) is 26.4 Å². The summed E-state index contributed by atoms with van der Waals surface area (Å²) >= 11 is 0. The van der Waals surface area contributed by atoms with Crippen LogP contribution in [-0.4, -0.2) is 55.0 Å². The minimum absolute atomic E-state index is 0.103. The Balaban J connectivity index is 2.10. The van der Waals surface area contributed by atoms with E-state index in [-0.39, 0.29) is 11.4 Å². The highest BCUT2D eigenvalue weighted by Crippen LogP contribution is 2.41. The van der Waals surface area contributed by atoms with E-state index >= 15 is 0 Å². The summed E-state index contributed by atoms with van der Waals surface area (Å²) in [5.74, 6) is -0.359. The van der Waals surface area contributed by atoms with Crippen LogP contribution in [0.25, 0.3) is 0 Å². The average Bonchev–Trinajstić information content (AvgIpc) is 2.67. The van der Waals surface area contributed by atoms with Gasteiger partial charge in [-0.1, -0.05) is 0 Å². The lowest BCUT2D eigenvalue weighted by atomic mass is 9.84. The molecule has 2 rings (SSSR count). The van der Waals surface area contributed by atoms with E-state index in [1.165, 1.54) is 4.90 Å². The molecule has 0 saturated carbocycles. The molecule has 0 aliphatic carbocycles. The van der Waals surface area contributed by atoms with Crippen LogP contribution < -0.4 is 0 Å². The smallest absolute Gasteiger partial charge is 0.411 e. The Kier molecular flexibility index (Phi) is 3.95. The van der Waals surface area contributed by atoms with Crippen molar-refractivity contribution in [2.45, 2.75) is 45.8 Å². The molecular weight excluding hydrogens is 262 g/mol. The molecule has 0 aromatic carbocycles. The van der Waals surface area contributed by atoms with Crippen LogP contribution in [0.5, 0.6) is 0 Å². The molecule has 2 aliphatic rings. The summed E-state index contributed by atoms with van der Waals surface area (Å²) in [6.45, 7) is 9.15. The zero-order valence-corrected chi connectivity index (χ0v) is 12.6. The van der Waals surface area contributed by atoms with E-state index < -0.39 is 17.7 Å². The van der Waals surface area contributed by atoms with Crippen LogP contribution in [0.3, 0.4) is 0 Å². The van der Waals surface area contributed by atoms with Crippen molar-refractivity contribution in [2.24, 2.45) is 5.41 Å². The zero-order valence-electron chi connectivity index (χ0n) is 12.6. The molecule has 2 heterocycles. The van der Waals surface area contributed by atoms with Crippen LogP contribution in [0.1, 0.15) is 34.1 Å². The average molecular weight is 285 g/mol.